The topological polar surface area (TPSA) is 29.3 Å². The molecule has 0 saturated heterocycles. The van der Waals surface area contributed by atoms with Gasteiger partial charge in [0.15, 0.2) is 0 Å². The third-order valence-electron chi connectivity index (χ3n) is 3.56. The second-order valence-electron chi connectivity index (χ2n) is 4.88. The smallest absolute Gasteiger partial charge is 0.0221 e. The second kappa shape index (κ2) is 8.57. The summed E-state index contributed by atoms with van der Waals surface area (Å²) in [5.41, 5.74) is 7.33. The van der Waals surface area contributed by atoms with E-state index in [1.54, 1.807) is 0 Å². The van der Waals surface area contributed by atoms with Gasteiger partial charge in [-0.25, -0.2) is 0 Å². The van der Waals surface area contributed by atoms with Gasteiger partial charge < -0.3 is 5.73 Å². The Bertz CT molecular complexity index is 316. The number of hydrogen-bond donors (Lipinski definition) is 1. The number of aryl methyl sites for hydroxylation is 1. The van der Waals surface area contributed by atoms with Crippen LogP contribution in [0.2, 0.25) is 0 Å². The Morgan fingerprint density at radius 2 is 1.94 bits per heavy atom. The van der Waals surface area contributed by atoms with Crippen LogP contribution < -0.4 is 5.73 Å². The fourth-order valence-electron chi connectivity index (χ4n) is 2.18. The van der Waals surface area contributed by atoms with Gasteiger partial charge in [0.25, 0.3) is 0 Å². The third-order valence-corrected chi connectivity index (χ3v) is 4.38. The minimum Gasteiger partial charge on any atom is -0.329 e. The molecule has 0 amide bonds. The van der Waals surface area contributed by atoms with Gasteiger partial charge in [-0.05, 0) is 38.6 Å². The summed E-state index contributed by atoms with van der Waals surface area (Å²) in [5, 5.41) is 0. The molecule has 0 aliphatic carbocycles. The van der Waals surface area contributed by atoms with Gasteiger partial charge in [0.2, 0.25) is 0 Å². The van der Waals surface area contributed by atoms with Crippen molar-refractivity contribution in [2.75, 3.05) is 25.6 Å². The van der Waals surface area contributed by atoms with Crippen LogP contribution in [0.3, 0.4) is 0 Å². The molecular weight excluding hydrogens is 240 g/mol. The van der Waals surface area contributed by atoms with Crippen LogP contribution in [0.4, 0.5) is 0 Å². The third kappa shape index (κ3) is 5.01. The van der Waals surface area contributed by atoms with Crippen molar-refractivity contribution in [2.24, 2.45) is 5.73 Å². The summed E-state index contributed by atoms with van der Waals surface area (Å²) in [7, 11) is 2.20. The SMILES string of the molecule is CSCC(C)N(C)C(CN)CCc1ccccc1. The number of nitrogens with two attached hydrogens (primary N) is 1. The molecule has 0 aliphatic rings. The molecule has 0 saturated carbocycles. The number of hydrogen-bond acceptors (Lipinski definition) is 3. The van der Waals surface area contributed by atoms with Gasteiger partial charge in [-0.2, -0.15) is 11.8 Å². The summed E-state index contributed by atoms with van der Waals surface area (Å²) in [6.45, 7) is 3.02. The molecule has 2 nitrogen and oxygen atoms in total. The minimum atomic E-state index is 0.479. The van der Waals surface area contributed by atoms with Gasteiger partial charge in [-0.1, -0.05) is 30.3 Å². The van der Waals surface area contributed by atoms with Gasteiger partial charge >= 0.3 is 0 Å². The maximum absolute atomic E-state index is 5.92. The zero-order valence-electron chi connectivity index (χ0n) is 11.8. The highest BCUT2D eigenvalue weighted by Gasteiger charge is 2.17. The van der Waals surface area contributed by atoms with E-state index in [0.717, 1.165) is 19.4 Å². The van der Waals surface area contributed by atoms with E-state index in [-0.39, 0.29) is 0 Å². The Labute approximate surface area is 116 Å². The summed E-state index contributed by atoms with van der Waals surface area (Å²) >= 11 is 1.90. The monoisotopic (exact) mass is 266 g/mol. The van der Waals surface area contributed by atoms with Crippen LogP contribution in [0.15, 0.2) is 30.3 Å². The molecule has 0 heterocycles. The first-order valence-electron chi connectivity index (χ1n) is 6.64. The first-order chi connectivity index (χ1) is 8.69. The highest BCUT2D eigenvalue weighted by atomic mass is 32.2. The Morgan fingerprint density at radius 3 is 2.50 bits per heavy atom. The van der Waals surface area contributed by atoms with Crippen LogP contribution in [0.1, 0.15) is 18.9 Å². The van der Waals surface area contributed by atoms with E-state index in [2.05, 4.69) is 55.5 Å². The van der Waals surface area contributed by atoms with E-state index in [1.165, 1.54) is 11.3 Å². The standard InChI is InChI=1S/C15H26N2S/c1-13(12-18-3)17(2)15(11-16)10-9-14-7-5-4-6-8-14/h4-8,13,15H,9-12,16H2,1-3H3. The summed E-state index contributed by atoms with van der Waals surface area (Å²) in [6, 6.07) is 11.7. The van der Waals surface area contributed by atoms with Gasteiger partial charge in [0, 0.05) is 24.4 Å². The predicted octanol–water partition coefficient (Wildman–Crippen LogP) is 2.63. The molecule has 18 heavy (non-hydrogen) atoms. The molecule has 1 rings (SSSR count). The quantitative estimate of drug-likeness (QED) is 0.784. The number of likely N-dealkylation sites (N-methyl/N-ethyl adjacent to an activating group) is 1. The molecule has 2 N–H and O–H groups in total. The normalized spacial score (nSPS) is 14.7. The lowest BCUT2D eigenvalue weighted by atomic mass is 10.0. The predicted molar refractivity (Wildman–Crippen MR) is 83.2 cm³/mol. The molecule has 2 unspecified atom stereocenters. The van der Waals surface area contributed by atoms with E-state index >= 15 is 0 Å². The van der Waals surface area contributed by atoms with Crippen molar-refractivity contribution in [3.05, 3.63) is 35.9 Å². The second-order valence-corrected chi connectivity index (χ2v) is 5.79. The van der Waals surface area contributed by atoms with Crippen LogP contribution in [0.5, 0.6) is 0 Å². The van der Waals surface area contributed by atoms with Crippen molar-refractivity contribution in [1.82, 2.24) is 4.90 Å². The van der Waals surface area contributed by atoms with E-state index in [9.17, 15) is 0 Å². The molecule has 1 aromatic carbocycles. The molecule has 2 atom stereocenters. The summed E-state index contributed by atoms with van der Waals surface area (Å²) in [5.74, 6) is 1.17. The Hall–Kier alpha value is -0.510. The lowest BCUT2D eigenvalue weighted by Crippen LogP contribution is -2.44. The lowest BCUT2D eigenvalue weighted by molar-refractivity contribution is 0.193. The zero-order chi connectivity index (χ0) is 13.4. The van der Waals surface area contributed by atoms with Crippen molar-refractivity contribution >= 4 is 11.8 Å². The summed E-state index contributed by atoms with van der Waals surface area (Å²) in [6.07, 6.45) is 4.40. The van der Waals surface area contributed by atoms with Gasteiger partial charge in [-0.15, -0.1) is 0 Å². The van der Waals surface area contributed by atoms with Gasteiger partial charge in [0.1, 0.15) is 0 Å². The molecule has 0 bridgehead atoms. The number of nitrogens with zero attached hydrogens (tertiary/aromatic N) is 1. The molecule has 1 aromatic rings. The average Bonchev–Trinajstić information content (AvgIpc) is 2.40. The van der Waals surface area contributed by atoms with E-state index < -0.39 is 0 Å². The first kappa shape index (κ1) is 15.5. The van der Waals surface area contributed by atoms with Crippen LogP contribution in [0.25, 0.3) is 0 Å². The van der Waals surface area contributed by atoms with Crippen molar-refractivity contribution < 1.29 is 0 Å². The molecule has 0 aromatic heterocycles. The fraction of sp³-hybridized carbons (Fsp3) is 0.600. The van der Waals surface area contributed by atoms with E-state index in [4.69, 9.17) is 5.73 Å². The van der Waals surface area contributed by atoms with Crippen LogP contribution in [-0.2, 0) is 6.42 Å². The van der Waals surface area contributed by atoms with E-state index in [1.807, 2.05) is 11.8 Å². The zero-order valence-corrected chi connectivity index (χ0v) is 12.6. The maximum Gasteiger partial charge on any atom is 0.0221 e. The highest BCUT2D eigenvalue weighted by molar-refractivity contribution is 7.98. The fourth-order valence-corrected chi connectivity index (χ4v) is 2.90. The molecule has 0 aliphatic heterocycles. The first-order valence-corrected chi connectivity index (χ1v) is 8.03. The number of rotatable bonds is 8. The minimum absolute atomic E-state index is 0.479. The van der Waals surface area contributed by atoms with Crippen LogP contribution in [-0.4, -0.2) is 42.6 Å². The molecule has 0 spiro atoms. The molecular formula is C15H26N2S. The summed E-state index contributed by atoms with van der Waals surface area (Å²) in [4.78, 5) is 2.43. The Balaban J connectivity index is 2.46. The van der Waals surface area contributed by atoms with E-state index in [0.29, 0.717) is 12.1 Å². The number of benzene rings is 1. The van der Waals surface area contributed by atoms with Crippen LogP contribution >= 0.6 is 11.8 Å². The summed E-state index contributed by atoms with van der Waals surface area (Å²) < 4.78 is 0. The van der Waals surface area contributed by atoms with Crippen molar-refractivity contribution in [3.63, 3.8) is 0 Å². The molecule has 3 heteroatoms. The average molecular weight is 266 g/mol. The van der Waals surface area contributed by atoms with Crippen molar-refractivity contribution in [3.8, 4) is 0 Å². The van der Waals surface area contributed by atoms with Crippen molar-refractivity contribution in [1.29, 1.82) is 0 Å². The number of thioether (sulfide) groups is 1. The maximum atomic E-state index is 5.92. The largest absolute Gasteiger partial charge is 0.329 e. The van der Waals surface area contributed by atoms with Crippen LogP contribution in [0, 0.1) is 0 Å². The Kier molecular flexibility index (Phi) is 7.40. The lowest BCUT2D eigenvalue weighted by Gasteiger charge is -2.32. The molecule has 0 fully saturated rings. The molecule has 0 radical (unpaired) electrons. The van der Waals surface area contributed by atoms with Crippen molar-refractivity contribution in [2.45, 2.75) is 31.8 Å². The Morgan fingerprint density at radius 1 is 1.28 bits per heavy atom. The van der Waals surface area contributed by atoms with Gasteiger partial charge in [-0.3, -0.25) is 4.90 Å². The van der Waals surface area contributed by atoms with Gasteiger partial charge in [0.05, 0.1) is 0 Å². The highest BCUT2D eigenvalue weighted by Crippen LogP contribution is 2.12. The molecule has 102 valence electrons.